The van der Waals surface area contributed by atoms with E-state index in [-0.39, 0.29) is 18.3 Å². The van der Waals surface area contributed by atoms with E-state index in [1.165, 1.54) is 12.1 Å². The van der Waals surface area contributed by atoms with Crippen LogP contribution in [-0.2, 0) is 14.3 Å². The standard InChI is InChI=1S/C20H22FNO5S/c1-13(9-10-26-18(24)12-28)19(14-7-8-17(23)16(21)11-14)27-20(25)22-15-5-3-2-4-6-15/h2-8,11,13,19,23,28H,9-10,12H2,1H3,(H,22,25)/t13-,19+/m1/s1. The van der Waals surface area contributed by atoms with Gasteiger partial charge in [-0.2, -0.15) is 12.6 Å². The van der Waals surface area contributed by atoms with Crippen LogP contribution in [0.25, 0.3) is 0 Å². The van der Waals surface area contributed by atoms with Crippen LogP contribution in [0.1, 0.15) is 25.0 Å². The Hall–Kier alpha value is -2.74. The molecule has 2 aromatic rings. The molecule has 0 aliphatic rings. The lowest BCUT2D eigenvalue weighted by atomic mass is 9.94. The van der Waals surface area contributed by atoms with Crippen LogP contribution in [0.3, 0.4) is 0 Å². The Bertz CT molecular complexity index is 802. The zero-order valence-corrected chi connectivity index (χ0v) is 16.2. The Morgan fingerprint density at radius 3 is 2.57 bits per heavy atom. The Morgan fingerprint density at radius 2 is 1.93 bits per heavy atom. The molecule has 8 heteroatoms. The number of phenols is 1. The number of esters is 1. The van der Waals surface area contributed by atoms with Crippen LogP contribution in [0.4, 0.5) is 14.9 Å². The van der Waals surface area contributed by atoms with E-state index in [0.29, 0.717) is 17.7 Å². The molecule has 0 bridgehead atoms. The van der Waals surface area contributed by atoms with Crippen LogP contribution < -0.4 is 5.32 Å². The van der Waals surface area contributed by atoms with Gasteiger partial charge in [0.25, 0.3) is 0 Å². The van der Waals surface area contributed by atoms with E-state index in [9.17, 15) is 19.1 Å². The Morgan fingerprint density at radius 1 is 1.21 bits per heavy atom. The Kier molecular flexibility index (Phi) is 8.13. The number of rotatable bonds is 8. The zero-order chi connectivity index (χ0) is 20.5. The van der Waals surface area contributed by atoms with Gasteiger partial charge in [-0.05, 0) is 36.2 Å². The van der Waals surface area contributed by atoms with Gasteiger partial charge in [-0.25, -0.2) is 9.18 Å². The SMILES string of the molecule is C[C@H](CCOC(=O)CS)[C@H](OC(=O)Nc1ccccc1)c1ccc(O)c(F)c1. The second-order valence-electron chi connectivity index (χ2n) is 6.17. The second kappa shape index (κ2) is 10.6. The minimum absolute atomic E-state index is 0.0308. The Balaban J connectivity index is 2.11. The van der Waals surface area contributed by atoms with Crippen LogP contribution in [-0.4, -0.2) is 29.5 Å². The average Bonchev–Trinajstić information content (AvgIpc) is 2.68. The van der Waals surface area contributed by atoms with Gasteiger partial charge < -0.3 is 14.6 Å². The average molecular weight is 407 g/mol. The highest BCUT2D eigenvalue weighted by molar-refractivity contribution is 7.81. The van der Waals surface area contributed by atoms with E-state index in [1.807, 2.05) is 6.07 Å². The van der Waals surface area contributed by atoms with Crippen LogP contribution in [0.2, 0.25) is 0 Å². The number of thiol groups is 1. The molecule has 0 saturated carbocycles. The highest BCUT2D eigenvalue weighted by Crippen LogP contribution is 2.31. The molecule has 0 aliphatic carbocycles. The minimum Gasteiger partial charge on any atom is -0.505 e. The van der Waals surface area contributed by atoms with Crippen LogP contribution in [0.15, 0.2) is 48.5 Å². The maximum atomic E-state index is 13.8. The van der Waals surface area contributed by atoms with Crippen molar-refractivity contribution in [2.24, 2.45) is 5.92 Å². The lowest BCUT2D eigenvalue weighted by Gasteiger charge is -2.25. The molecule has 0 aromatic heterocycles. The summed E-state index contributed by atoms with van der Waals surface area (Å²) in [6.45, 7) is 1.90. The number of carbonyl (C=O) groups excluding carboxylic acids is 2. The van der Waals surface area contributed by atoms with Crippen LogP contribution in [0, 0.1) is 11.7 Å². The Labute approximate surface area is 168 Å². The van der Waals surface area contributed by atoms with E-state index in [1.54, 1.807) is 31.2 Å². The number of hydrogen-bond acceptors (Lipinski definition) is 6. The number of aromatic hydroxyl groups is 1. The van der Waals surface area contributed by atoms with E-state index < -0.39 is 29.7 Å². The molecular formula is C20H22FNO5S. The van der Waals surface area contributed by atoms with Gasteiger partial charge >= 0.3 is 12.1 Å². The summed E-state index contributed by atoms with van der Waals surface area (Å²) in [7, 11) is 0. The zero-order valence-electron chi connectivity index (χ0n) is 15.3. The quantitative estimate of drug-likeness (QED) is 0.448. The molecule has 150 valence electrons. The first-order valence-corrected chi connectivity index (χ1v) is 9.31. The number of nitrogens with one attached hydrogen (secondary N) is 1. The van der Waals surface area contributed by atoms with Crippen molar-refractivity contribution < 1.29 is 28.6 Å². The number of ether oxygens (including phenoxy) is 2. The number of anilines is 1. The summed E-state index contributed by atoms with van der Waals surface area (Å²) in [6.07, 6.45) is -1.14. The third kappa shape index (κ3) is 6.45. The molecule has 0 saturated heterocycles. The van der Waals surface area contributed by atoms with Gasteiger partial charge in [0.15, 0.2) is 11.6 Å². The molecule has 2 atom stereocenters. The van der Waals surface area contributed by atoms with Crippen molar-refractivity contribution in [3.63, 3.8) is 0 Å². The van der Waals surface area contributed by atoms with Gasteiger partial charge in [-0.1, -0.05) is 31.2 Å². The van der Waals surface area contributed by atoms with Crippen molar-refractivity contribution in [3.8, 4) is 5.75 Å². The number of amides is 1. The first kappa shape index (κ1) is 21.6. The summed E-state index contributed by atoms with van der Waals surface area (Å²) in [4.78, 5) is 23.5. The van der Waals surface area contributed by atoms with E-state index in [0.717, 1.165) is 6.07 Å². The number of para-hydroxylation sites is 1. The number of halogens is 1. The summed E-state index contributed by atoms with van der Waals surface area (Å²) in [5.74, 6) is -2.09. The van der Waals surface area contributed by atoms with Gasteiger partial charge in [-0.15, -0.1) is 0 Å². The van der Waals surface area contributed by atoms with Gasteiger partial charge in [0.05, 0.1) is 12.4 Å². The lowest BCUT2D eigenvalue weighted by Crippen LogP contribution is -2.23. The molecule has 2 rings (SSSR count). The van der Waals surface area contributed by atoms with Gasteiger partial charge in [0.2, 0.25) is 0 Å². The predicted molar refractivity (Wildman–Crippen MR) is 106 cm³/mol. The third-order valence-electron chi connectivity index (χ3n) is 4.04. The monoisotopic (exact) mass is 407 g/mol. The fourth-order valence-electron chi connectivity index (χ4n) is 2.55. The normalized spacial score (nSPS) is 12.7. The maximum Gasteiger partial charge on any atom is 0.412 e. The molecule has 28 heavy (non-hydrogen) atoms. The fraction of sp³-hybridized carbons (Fsp3) is 0.300. The molecule has 6 nitrogen and oxygen atoms in total. The molecule has 1 amide bonds. The van der Waals surface area contributed by atoms with Crippen LogP contribution >= 0.6 is 12.6 Å². The first-order chi connectivity index (χ1) is 13.4. The van der Waals surface area contributed by atoms with E-state index >= 15 is 0 Å². The highest BCUT2D eigenvalue weighted by atomic mass is 32.1. The third-order valence-corrected chi connectivity index (χ3v) is 4.29. The largest absolute Gasteiger partial charge is 0.505 e. The predicted octanol–water partition coefficient (Wildman–Crippen LogP) is 4.32. The molecule has 0 unspecified atom stereocenters. The summed E-state index contributed by atoms with van der Waals surface area (Å²) < 4.78 is 24.3. The molecule has 0 spiro atoms. The summed E-state index contributed by atoms with van der Waals surface area (Å²) in [5, 5.41) is 12.0. The first-order valence-electron chi connectivity index (χ1n) is 8.68. The molecular weight excluding hydrogens is 385 g/mol. The smallest absolute Gasteiger partial charge is 0.412 e. The fourth-order valence-corrected chi connectivity index (χ4v) is 2.64. The number of phenolic OH excluding ortho intramolecular Hbond substituents is 1. The van der Waals surface area contributed by atoms with E-state index in [2.05, 4.69) is 17.9 Å². The topological polar surface area (TPSA) is 84.9 Å². The highest BCUT2D eigenvalue weighted by Gasteiger charge is 2.25. The molecule has 2 N–H and O–H groups in total. The molecule has 0 aliphatic heterocycles. The summed E-state index contributed by atoms with van der Waals surface area (Å²) >= 11 is 3.83. The van der Waals surface area contributed by atoms with Crippen molar-refractivity contribution in [2.75, 3.05) is 17.7 Å². The van der Waals surface area contributed by atoms with Crippen molar-refractivity contribution >= 4 is 30.4 Å². The molecule has 0 fully saturated rings. The van der Waals surface area contributed by atoms with Crippen LogP contribution in [0.5, 0.6) is 5.75 Å². The van der Waals surface area contributed by atoms with E-state index in [4.69, 9.17) is 9.47 Å². The van der Waals surface area contributed by atoms with Crippen molar-refractivity contribution in [1.29, 1.82) is 0 Å². The minimum atomic E-state index is -0.816. The molecule has 0 heterocycles. The van der Waals surface area contributed by atoms with Gasteiger partial charge in [-0.3, -0.25) is 10.1 Å². The van der Waals surface area contributed by atoms with Gasteiger partial charge in [0, 0.05) is 11.6 Å². The number of benzene rings is 2. The number of hydrogen-bond donors (Lipinski definition) is 3. The number of carbonyl (C=O) groups is 2. The van der Waals surface area contributed by atoms with Crippen molar-refractivity contribution in [1.82, 2.24) is 0 Å². The lowest BCUT2D eigenvalue weighted by molar-refractivity contribution is -0.141. The van der Waals surface area contributed by atoms with Gasteiger partial charge in [0.1, 0.15) is 6.10 Å². The summed E-state index contributed by atoms with van der Waals surface area (Å²) in [5.41, 5.74) is 0.935. The second-order valence-corrected chi connectivity index (χ2v) is 6.49. The van der Waals surface area contributed by atoms with Crippen molar-refractivity contribution in [2.45, 2.75) is 19.4 Å². The maximum absolute atomic E-state index is 13.8. The summed E-state index contributed by atoms with van der Waals surface area (Å²) in [6, 6.07) is 12.5. The van der Waals surface area contributed by atoms with Crippen molar-refractivity contribution in [3.05, 3.63) is 59.9 Å². The molecule has 0 radical (unpaired) electrons. The molecule has 2 aromatic carbocycles.